The number of Topliss-reactive ketones (excluding diaryl/α,β-unsaturated/α-hetero) is 1. The Hall–Kier alpha value is -1.31. The van der Waals surface area contributed by atoms with Crippen molar-refractivity contribution in [1.82, 2.24) is 0 Å². The molecule has 0 bridgehead atoms. The second kappa shape index (κ2) is 9.59. The predicted octanol–water partition coefficient (Wildman–Crippen LogP) is 5.11. The maximum absolute atomic E-state index is 11.2. The third kappa shape index (κ3) is 7.31. The summed E-state index contributed by atoms with van der Waals surface area (Å²) >= 11 is 0. The van der Waals surface area contributed by atoms with E-state index in [2.05, 4.69) is 39.0 Å². The van der Waals surface area contributed by atoms with Gasteiger partial charge in [-0.1, -0.05) is 39.3 Å². The van der Waals surface area contributed by atoms with Crippen LogP contribution in [0.1, 0.15) is 64.0 Å². The monoisotopic (exact) mass is 290 g/mol. The molecule has 1 rings (SSSR count). The van der Waals surface area contributed by atoms with E-state index in [1.54, 1.807) is 0 Å². The van der Waals surface area contributed by atoms with Crippen LogP contribution in [0.5, 0.6) is 5.75 Å². The van der Waals surface area contributed by atoms with E-state index in [0.717, 1.165) is 44.5 Å². The molecule has 0 saturated carbocycles. The number of rotatable bonds is 10. The molecule has 0 aliphatic carbocycles. The molecule has 0 radical (unpaired) electrons. The molecule has 0 saturated heterocycles. The summed E-state index contributed by atoms with van der Waals surface area (Å²) in [5.41, 5.74) is 2.54. The first kappa shape index (κ1) is 17.7. The fourth-order valence-electron chi connectivity index (χ4n) is 2.22. The molecule has 118 valence electrons. The van der Waals surface area contributed by atoms with Gasteiger partial charge in [0.05, 0.1) is 6.61 Å². The summed E-state index contributed by atoms with van der Waals surface area (Å²) in [7, 11) is 0. The van der Waals surface area contributed by atoms with Crippen LogP contribution in [-0.4, -0.2) is 12.4 Å². The van der Waals surface area contributed by atoms with Crippen LogP contribution < -0.4 is 4.74 Å². The Morgan fingerprint density at radius 1 is 1.19 bits per heavy atom. The Morgan fingerprint density at radius 3 is 2.62 bits per heavy atom. The highest BCUT2D eigenvalue weighted by Gasteiger charge is 2.04. The molecule has 0 N–H and O–H groups in total. The van der Waals surface area contributed by atoms with Gasteiger partial charge < -0.3 is 4.74 Å². The van der Waals surface area contributed by atoms with E-state index in [1.807, 2.05) is 6.92 Å². The lowest BCUT2D eigenvalue weighted by Gasteiger charge is -2.12. The van der Waals surface area contributed by atoms with Crippen molar-refractivity contribution >= 4 is 5.78 Å². The molecule has 0 heterocycles. The topological polar surface area (TPSA) is 26.3 Å². The normalized spacial score (nSPS) is 10.9. The lowest BCUT2D eigenvalue weighted by atomic mass is 10.0. The molecule has 0 fully saturated rings. The molecular weight excluding hydrogens is 260 g/mol. The smallest absolute Gasteiger partial charge is 0.132 e. The summed E-state index contributed by atoms with van der Waals surface area (Å²) in [6, 6.07) is 6.51. The number of hydrogen-bond donors (Lipinski definition) is 0. The Bertz CT molecular complexity index is 435. The van der Waals surface area contributed by atoms with Crippen LogP contribution in [0.15, 0.2) is 18.2 Å². The van der Waals surface area contributed by atoms with Gasteiger partial charge in [-0.25, -0.2) is 0 Å². The minimum Gasteiger partial charge on any atom is -0.493 e. The van der Waals surface area contributed by atoms with Gasteiger partial charge in [0.25, 0.3) is 0 Å². The van der Waals surface area contributed by atoms with E-state index in [0.29, 0.717) is 18.1 Å². The molecule has 2 nitrogen and oxygen atoms in total. The van der Waals surface area contributed by atoms with Crippen molar-refractivity contribution in [3.63, 3.8) is 0 Å². The molecule has 1 aromatic carbocycles. The van der Waals surface area contributed by atoms with Gasteiger partial charge >= 0.3 is 0 Å². The number of aryl methyl sites for hydroxylation is 2. The minimum absolute atomic E-state index is 0.384. The lowest BCUT2D eigenvalue weighted by molar-refractivity contribution is -0.118. The first-order valence-corrected chi connectivity index (χ1v) is 8.27. The van der Waals surface area contributed by atoms with Gasteiger partial charge in [-0.2, -0.15) is 0 Å². The zero-order valence-electron chi connectivity index (χ0n) is 14.1. The highest BCUT2D eigenvalue weighted by Crippen LogP contribution is 2.21. The van der Waals surface area contributed by atoms with Crippen molar-refractivity contribution in [2.45, 2.75) is 66.2 Å². The van der Waals surface area contributed by atoms with Crippen molar-refractivity contribution in [3.05, 3.63) is 29.3 Å². The number of carbonyl (C=O) groups is 1. The number of hydrogen-bond acceptors (Lipinski definition) is 2. The van der Waals surface area contributed by atoms with Crippen molar-refractivity contribution < 1.29 is 9.53 Å². The molecule has 0 amide bonds. The Balaban J connectivity index is 2.38. The zero-order chi connectivity index (χ0) is 15.7. The van der Waals surface area contributed by atoms with E-state index in [9.17, 15) is 4.79 Å². The quantitative estimate of drug-likeness (QED) is 0.560. The van der Waals surface area contributed by atoms with E-state index in [1.165, 1.54) is 11.1 Å². The van der Waals surface area contributed by atoms with Crippen LogP contribution in [-0.2, 0) is 11.2 Å². The van der Waals surface area contributed by atoms with Crippen LogP contribution in [0.25, 0.3) is 0 Å². The van der Waals surface area contributed by atoms with Crippen LogP contribution in [0, 0.1) is 12.8 Å². The second-order valence-corrected chi connectivity index (χ2v) is 6.26. The van der Waals surface area contributed by atoms with E-state index < -0.39 is 0 Å². The third-order valence-electron chi connectivity index (χ3n) is 3.64. The number of ether oxygens (including phenoxy) is 1. The van der Waals surface area contributed by atoms with Crippen LogP contribution >= 0.6 is 0 Å². The molecule has 0 spiro atoms. The summed E-state index contributed by atoms with van der Waals surface area (Å²) in [5, 5.41) is 0. The highest BCUT2D eigenvalue weighted by molar-refractivity contribution is 5.77. The largest absolute Gasteiger partial charge is 0.493 e. The number of ketones is 1. The molecule has 0 aliphatic rings. The maximum Gasteiger partial charge on any atom is 0.132 e. The Kier molecular flexibility index (Phi) is 8.11. The molecule has 2 heteroatoms. The average molecular weight is 290 g/mol. The molecular formula is C19H30O2. The van der Waals surface area contributed by atoms with Gasteiger partial charge in [-0.15, -0.1) is 0 Å². The summed E-state index contributed by atoms with van der Waals surface area (Å²) in [6.07, 6.45) is 5.78. The number of unbranched alkanes of at least 4 members (excludes halogenated alkanes) is 2. The molecule has 1 aromatic rings. The Morgan fingerprint density at radius 2 is 1.95 bits per heavy atom. The molecule has 0 aromatic heterocycles. The van der Waals surface area contributed by atoms with E-state index in [4.69, 9.17) is 4.74 Å². The minimum atomic E-state index is 0.384. The SMILES string of the molecule is CCC(=O)CCCCCc1ccc(C)c(OCC(C)C)c1. The summed E-state index contributed by atoms with van der Waals surface area (Å²) in [4.78, 5) is 11.2. The van der Waals surface area contributed by atoms with Crippen LogP contribution in [0.4, 0.5) is 0 Å². The summed E-state index contributed by atoms with van der Waals surface area (Å²) in [5.74, 6) is 1.95. The van der Waals surface area contributed by atoms with E-state index in [-0.39, 0.29) is 0 Å². The first-order chi connectivity index (χ1) is 10.0. The van der Waals surface area contributed by atoms with Gasteiger partial charge in [0, 0.05) is 12.8 Å². The summed E-state index contributed by atoms with van der Waals surface area (Å²) < 4.78 is 5.87. The lowest BCUT2D eigenvalue weighted by Crippen LogP contribution is -2.05. The third-order valence-corrected chi connectivity index (χ3v) is 3.64. The van der Waals surface area contributed by atoms with Crippen molar-refractivity contribution in [1.29, 1.82) is 0 Å². The van der Waals surface area contributed by atoms with Crippen LogP contribution in [0.3, 0.4) is 0 Å². The molecule has 0 atom stereocenters. The standard InChI is InChI=1S/C19H30O2/c1-5-18(20)10-8-6-7-9-17-12-11-16(4)19(13-17)21-14-15(2)3/h11-13,15H,5-10,14H2,1-4H3. The van der Waals surface area contributed by atoms with Crippen molar-refractivity contribution in [2.24, 2.45) is 5.92 Å². The Labute approximate surface area is 129 Å². The second-order valence-electron chi connectivity index (χ2n) is 6.26. The highest BCUT2D eigenvalue weighted by atomic mass is 16.5. The van der Waals surface area contributed by atoms with Gasteiger partial charge in [0.1, 0.15) is 11.5 Å². The van der Waals surface area contributed by atoms with E-state index >= 15 is 0 Å². The predicted molar refractivity (Wildman–Crippen MR) is 89.0 cm³/mol. The van der Waals surface area contributed by atoms with Crippen molar-refractivity contribution in [3.8, 4) is 5.75 Å². The summed E-state index contributed by atoms with van der Waals surface area (Å²) in [6.45, 7) is 9.13. The molecule has 0 unspecified atom stereocenters. The average Bonchev–Trinajstić information content (AvgIpc) is 2.46. The van der Waals surface area contributed by atoms with Crippen LogP contribution in [0.2, 0.25) is 0 Å². The molecule has 0 aliphatic heterocycles. The van der Waals surface area contributed by atoms with Gasteiger partial charge in [0.15, 0.2) is 0 Å². The number of benzene rings is 1. The van der Waals surface area contributed by atoms with Gasteiger partial charge in [0.2, 0.25) is 0 Å². The van der Waals surface area contributed by atoms with Gasteiger partial charge in [-0.3, -0.25) is 4.79 Å². The fourth-order valence-corrected chi connectivity index (χ4v) is 2.22. The zero-order valence-corrected chi connectivity index (χ0v) is 14.1. The number of carbonyl (C=O) groups excluding carboxylic acids is 1. The first-order valence-electron chi connectivity index (χ1n) is 8.27. The van der Waals surface area contributed by atoms with Crippen molar-refractivity contribution in [2.75, 3.05) is 6.61 Å². The van der Waals surface area contributed by atoms with Gasteiger partial charge in [-0.05, 0) is 49.3 Å². The maximum atomic E-state index is 11.2. The molecule has 21 heavy (non-hydrogen) atoms. The fraction of sp³-hybridized carbons (Fsp3) is 0.632.